The highest BCUT2D eigenvalue weighted by molar-refractivity contribution is 5.54. The Morgan fingerprint density at radius 2 is 1.86 bits per heavy atom. The molecule has 3 N–H and O–H groups in total. The van der Waals surface area contributed by atoms with Crippen LogP contribution in [-0.4, -0.2) is 5.11 Å². The Hall–Kier alpha value is -1.02. The van der Waals surface area contributed by atoms with Crippen molar-refractivity contribution in [3.8, 4) is 5.75 Å². The summed E-state index contributed by atoms with van der Waals surface area (Å²) in [4.78, 5) is 0. The Balaban J connectivity index is 1.90. The third-order valence-corrected chi connectivity index (χ3v) is 5.98. The third kappa shape index (κ3) is 2.48. The van der Waals surface area contributed by atoms with E-state index in [2.05, 4.69) is 19.9 Å². The summed E-state index contributed by atoms with van der Waals surface area (Å²) in [5.41, 5.74) is 11.3. The number of phenols is 1. The third-order valence-electron chi connectivity index (χ3n) is 5.98. The molecule has 0 aliphatic heterocycles. The molecule has 0 saturated heterocycles. The summed E-state index contributed by atoms with van der Waals surface area (Å²) in [5.74, 6) is 1.27. The number of aryl methyl sites for hydroxylation is 2. The molecule has 2 aliphatic rings. The van der Waals surface area contributed by atoms with Gasteiger partial charge in [-0.05, 0) is 54.7 Å². The smallest absolute Gasteiger partial charge is 0.123 e. The lowest BCUT2D eigenvalue weighted by Crippen LogP contribution is -2.31. The van der Waals surface area contributed by atoms with Gasteiger partial charge in [0.05, 0.1) is 0 Å². The number of phenolic OH excluding ortho intramolecular Hbond substituents is 1. The van der Waals surface area contributed by atoms with Gasteiger partial charge in [-0.3, -0.25) is 0 Å². The van der Waals surface area contributed by atoms with E-state index in [1.165, 1.54) is 49.7 Å². The number of benzene rings is 1. The van der Waals surface area contributed by atoms with Crippen molar-refractivity contribution in [3.63, 3.8) is 0 Å². The number of aromatic hydroxyl groups is 1. The van der Waals surface area contributed by atoms with E-state index in [0.717, 1.165) is 23.5 Å². The molecule has 0 amide bonds. The van der Waals surface area contributed by atoms with Crippen LogP contribution in [0.5, 0.6) is 5.75 Å². The molecule has 1 fully saturated rings. The molecule has 1 saturated carbocycles. The van der Waals surface area contributed by atoms with Crippen molar-refractivity contribution in [1.82, 2.24) is 0 Å². The summed E-state index contributed by atoms with van der Waals surface area (Å²) in [6.07, 6.45) is 9.13. The predicted molar refractivity (Wildman–Crippen MR) is 87.5 cm³/mol. The van der Waals surface area contributed by atoms with Gasteiger partial charge in [0.2, 0.25) is 0 Å². The first-order valence-electron chi connectivity index (χ1n) is 8.50. The van der Waals surface area contributed by atoms with Gasteiger partial charge < -0.3 is 10.8 Å². The lowest BCUT2D eigenvalue weighted by molar-refractivity contribution is 0.179. The molecule has 0 heterocycles. The molecule has 3 rings (SSSR count). The van der Waals surface area contributed by atoms with Gasteiger partial charge >= 0.3 is 0 Å². The molecular weight excluding hydrogens is 258 g/mol. The highest BCUT2D eigenvalue weighted by Crippen LogP contribution is 2.53. The van der Waals surface area contributed by atoms with Crippen LogP contribution in [0.15, 0.2) is 6.07 Å². The van der Waals surface area contributed by atoms with Gasteiger partial charge in [-0.2, -0.15) is 0 Å². The minimum Gasteiger partial charge on any atom is -0.507 e. The van der Waals surface area contributed by atoms with E-state index in [4.69, 9.17) is 5.73 Å². The molecule has 0 bridgehead atoms. The Kier molecular flexibility index (Phi) is 3.77. The second kappa shape index (κ2) is 5.31. The van der Waals surface area contributed by atoms with Crippen LogP contribution in [0.1, 0.15) is 73.7 Å². The number of fused-ring (bicyclic) bond motifs is 1. The molecule has 116 valence electrons. The van der Waals surface area contributed by atoms with Crippen LogP contribution in [0.4, 0.5) is 0 Å². The molecule has 2 heteroatoms. The van der Waals surface area contributed by atoms with E-state index >= 15 is 0 Å². The Bertz CT molecular complexity index is 545. The van der Waals surface area contributed by atoms with Gasteiger partial charge in [0, 0.05) is 11.6 Å². The number of nitrogens with two attached hydrogens (primary N) is 1. The summed E-state index contributed by atoms with van der Waals surface area (Å²) in [7, 11) is 0. The quantitative estimate of drug-likeness (QED) is 0.838. The van der Waals surface area contributed by atoms with Crippen molar-refractivity contribution in [2.75, 3.05) is 0 Å². The maximum absolute atomic E-state index is 10.5. The fraction of sp³-hybridized carbons (Fsp3) is 0.684. The maximum atomic E-state index is 10.5. The van der Waals surface area contributed by atoms with Crippen molar-refractivity contribution in [1.29, 1.82) is 0 Å². The van der Waals surface area contributed by atoms with Gasteiger partial charge in [-0.1, -0.05) is 45.1 Å². The van der Waals surface area contributed by atoms with Crippen LogP contribution in [-0.2, 0) is 6.42 Å². The van der Waals surface area contributed by atoms with Crippen LogP contribution in [0.2, 0.25) is 0 Å². The largest absolute Gasteiger partial charge is 0.507 e. The van der Waals surface area contributed by atoms with Gasteiger partial charge in [0.1, 0.15) is 5.75 Å². The molecule has 0 radical (unpaired) electrons. The lowest BCUT2D eigenvalue weighted by Gasteiger charge is -2.35. The summed E-state index contributed by atoms with van der Waals surface area (Å²) < 4.78 is 0. The molecule has 2 atom stereocenters. The van der Waals surface area contributed by atoms with Gasteiger partial charge in [-0.25, -0.2) is 0 Å². The second-order valence-electron chi connectivity index (χ2n) is 7.77. The van der Waals surface area contributed by atoms with Crippen molar-refractivity contribution in [3.05, 3.63) is 28.3 Å². The van der Waals surface area contributed by atoms with Crippen molar-refractivity contribution in [2.45, 2.75) is 71.8 Å². The Labute approximate surface area is 128 Å². The summed E-state index contributed by atoms with van der Waals surface area (Å²) in [6, 6.07) is 2.08. The fourth-order valence-electron chi connectivity index (χ4n) is 4.73. The van der Waals surface area contributed by atoms with E-state index in [-0.39, 0.29) is 11.5 Å². The van der Waals surface area contributed by atoms with Crippen LogP contribution in [0.25, 0.3) is 0 Å². The topological polar surface area (TPSA) is 46.2 Å². The zero-order valence-corrected chi connectivity index (χ0v) is 13.7. The summed E-state index contributed by atoms with van der Waals surface area (Å²) in [5, 5.41) is 10.5. The first-order chi connectivity index (χ1) is 9.92. The monoisotopic (exact) mass is 287 g/mol. The van der Waals surface area contributed by atoms with Crippen LogP contribution in [0.3, 0.4) is 0 Å². The van der Waals surface area contributed by atoms with E-state index in [9.17, 15) is 5.11 Å². The predicted octanol–water partition coefficient (Wildman–Crippen LogP) is 4.54. The van der Waals surface area contributed by atoms with E-state index in [1.54, 1.807) is 0 Å². The van der Waals surface area contributed by atoms with Crippen molar-refractivity contribution >= 4 is 0 Å². The normalized spacial score (nSPS) is 29.6. The van der Waals surface area contributed by atoms with Gasteiger partial charge in [-0.15, -0.1) is 0 Å². The number of rotatable bonds is 2. The average molecular weight is 287 g/mol. The maximum Gasteiger partial charge on any atom is 0.123 e. The van der Waals surface area contributed by atoms with Crippen LogP contribution in [0, 0.1) is 25.2 Å². The minimum absolute atomic E-state index is 0.0203. The standard InChI is InChI=1S/C19H29NO/c1-12-9-13(2)17(21)16-15(12)11-19(3,18(16)20)10-14-7-5-4-6-8-14/h9,14,18,21H,4-8,10-11,20H2,1-3H3. The first-order valence-corrected chi connectivity index (χ1v) is 8.50. The number of hydrogen-bond donors (Lipinski definition) is 2. The van der Waals surface area contributed by atoms with Gasteiger partial charge in [0.15, 0.2) is 0 Å². The SMILES string of the molecule is Cc1cc(C)c2c(c1O)C(N)C(C)(CC1CCCCC1)C2. The number of hydrogen-bond acceptors (Lipinski definition) is 2. The summed E-state index contributed by atoms with van der Waals surface area (Å²) in [6.45, 7) is 6.47. The van der Waals surface area contributed by atoms with E-state index in [1.807, 2.05) is 6.92 Å². The molecule has 0 aromatic heterocycles. The molecule has 2 unspecified atom stereocenters. The van der Waals surface area contributed by atoms with Gasteiger partial charge in [0.25, 0.3) is 0 Å². The zero-order chi connectivity index (χ0) is 15.2. The second-order valence-corrected chi connectivity index (χ2v) is 7.77. The molecular formula is C19H29NO. The molecule has 21 heavy (non-hydrogen) atoms. The van der Waals surface area contributed by atoms with Crippen molar-refractivity contribution < 1.29 is 5.11 Å². The fourth-order valence-corrected chi connectivity index (χ4v) is 4.73. The first kappa shape index (κ1) is 14.9. The molecule has 0 spiro atoms. The summed E-state index contributed by atoms with van der Waals surface area (Å²) >= 11 is 0. The lowest BCUT2D eigenvalue weighted by atomic mass is 9.72. The van der Waals surface area contributed by atoms with Crippen LogP contribution < -0.4 is 5.73 Å². The van der Waals surface area contributed by atoms with E-state index < -0.39 is 0 Å². The highest BCUT2D eigenvalue weighted by atomic mass is 16.3. The molecule has 1 aromatic rings. The van der Waals surface area contributed by atoms with E-state index in [0.29, 0.717) is 5.75 Å². The van der Waals surface area contributed by atoms with Crippen molar-refractivity contribution in [2.24, 2.45) is 17.1 Å². The Morgan fingerprint density at radius 3 is 2.52 bits per heavy atom. The molecule has 2 aliphatic carbocycles. The average Bonchev–Trinajstić information content (AvgIpc) is 2.71. The van der Waals surface area contributed by atoms with Crippen LogP contribution >= 0.6 is 0 Å². The zero-order valence-electron chi connectivity index (χ0n) is 13.7. The Morgan fingerprint density at radius 1 is 1.19 bits per heavy atom. The minimum atomic E-state index is -0.0203. The highest BCUT2D eigenvalue weighted by Gasteiger charge is 2.44. The molecule has 2 nitrogen and oxygen atoms in total. The molecule has 1 aromatic carbocycles.